The van der Waals surface area contributed by atoms with Gasteiger partial charge in [0.25, 0.3) is 11.8 Å². The van der Waals surface area contributed by atoms with Gasteiger partial charge in [-0.1, -0.05) is 37.5 Å². The second-order valence-electron chi connectivity index (χ2n) is 17.8. The van der Waals surface area contributed by atoms with Crippen LogP contribution < -0.4 is 21.1 Å². The van der Waals surface area contributed by atoms with Crippen LogP contribution in [0.15, 0.2) is 54.7 Å². The van der Waals surface area contributed by atoms with Gasteiger partial charge in [-0.05, 0) is 61.3 Å². The van der Waals surface area contributed by atoms with Crippen molar-refractivity contribution in [2.75, 3.05) is 112 Å². The summed E-state index contributed by atoms with van der Waals surface area (Å²) >= 11 is 0. The first-order chi connectivity index (χ1) is 34.4. The molecule has 3 amide bonds. The number of hydrogen-bond acceptors (Lipinski definition) is 15. The van der Waals surface area contributed by atoms with Crippen molar-refractivity contribution in [3.8, 4) is 22.9 Å². The fraction of sp³-hybridized carbons (Fsp3) is 0.531. The Morgan fingerprint density at radius 1 is 0.792 bits per heavy atom. The zero-order valence-electron chi connectivity index (χ0n) is 40.6. The number of aromatic nitrogens is 1. The lowest BCUT2D eigenvalue weighted by Crippen LogP contribution is -2.49. The number of ether oxygens (including phenoxy) is 1. The molecule has 3 aromatic rings. The molecule has 7 N–H and O–H groups in total. The first kappa shape index (κ1) is 57.9. The van der Waals surface area contributed by atoms with E-state index in [1.807, 2.05) is 48.5 Å². The predicted molar refractivity (Wildman–Crippen MR) is 260 cm³/mol. The molecule has 1 saturated carbocycles. The van der Waals surface area contributed by atoms with Crippen molar-refractivity contribution in [2.24, 2.45) is 11.7 Å². The van der Waals surface area contributed by atoms with Crippen LogP contribution in [0.5, 0.6) is 5.75 Å². The molecule has 0 radical (unpaired) electrons. The first-order valence-corrected chi connectivity index (χ1v) is 23.8. The molecule has 21 nitrogen and oxygen atoms in total. The molecule has 6 rings (SSSR count). The SMILES string of the molecule is CN1CC(F)(F)CC1C#N.NC(=O)CN1CCN(CC(=O)O)CCN(CC(=O)O)CCN(CC(=O)O)CC1.O=CCNC(=O)c1ccnc2ccc(-c3ccc(OCCNC(=O)C4CCCCC4)cc3)cc12. The summed E-state index contributed by atoms with van der Waals surface area (Å²) in [6.45, 7) is 2.79. The van der Waals surface area contributed by atoms with Crippen molar-refractivity contribution in [2.45, 2.75) is 50.5 Å². The first-order valence-electron chi connectivity index (χ1n) is 23.8. The number of rotatable bonds is 17. The molecule has 1 atom stereocenters. The summed E-state index contributed by atoms with van der Waals surface area (Å²) in [4.78, 5) is 92.4. The van der Waals surface area contributed by atoms with E-state index in [1.165, 1.54) is 18.4 Å². The molecule has 3 aliphatic rings. The van der Waals surface area contributed by atoms with E-state index in [4.69, 9.17) is 31.1 Å². The van der Waals surface area contributed by atoms with Gasteiger partial charge in [-0.25, -0.2) is 8.78 Å². The number of carboxylic acids is 3. The number of pyridine rings is 1. The normalized spacial score (nSPS) is 18.6. The molecule has 23 heteroatoms. The lowest BCUT2D eigenvalue weighted by molar-refractivity contribution is -0.140. The fourth-order valence-electron chi connectivity index (χ4n) is 8.48. The van der Waals surface area contributed by atoms with Gasteiger partial charge in [0.05, 0.1) is 63.0 Å². The van der Waals surface area contributed by atoms with Crippen molar-refractivity contribution >= 4 is 52.8 Å². The monoisotopic (exact) mass is 1010 g/mol. The largest absolute Gasteiger partial charge is 0.492 e. The molecule has 3 heterocycles. The third-order valence-corrected chi connectivity index (χ3v) is 12.2. The molecule has 3 fully saturated rings. The number of nitrogens with zero attached hydrogens (tertiary/aromatic N) is 7. The van der Waals surface area contributed by atoms with E-state index in [0.29, 0.717) is 82.9 Å². The Hall–Kier alpha value is -6.71. The molecule has 1 unspecified atom stereocenters. The summed E-state index contributed by atoms with van der Waals surface area (Å²) in [5.74, 6) is -5.45. The van der Waals surface area contributed by atoms with E-state index >= 15 is 0 Å². The predicted octanol–water partition coefficient (Wildman–Crippen LogP) is 1.70. The fourth-order valence-corrected chi connectivity index (χ4v) is 8.48. The van der Waals surface area contributed by atoms with Gasteiger partial charge in [0.2, 0.25) is 11.8 Å². The van der Waals surface area contributed by atoms with Crippen LogP contribution in [0.2, 0.25) is 0 Å². The second kappa shape index (κ2) is 29.6. The molecule has 72 heavy (non-hydrogen) atoms. The van der Waals surface area contributed by atoms with E-state index in [9.17, 15) is 42.3 Å². The Kier molecular flexibility index (Phi) is 23.8. The number of nitrogens with two attached hydrogens (primary N) is 1. The third-order valence-electron chi connectivity index (χ3n) is 12.2. The molecular weight excluding hydrogens is 943 g/mol. The van der Waals surface area contributed by atoms with Crippen molar-refractivity contribution < 1.29 is 62.4 Å². The van der Waals surface area contributed by atoms with Crippen LogP contribution in [-0.4, -0.2) is 211 Å². The lowest BCUT2D eigenvalue weighted by atomic mass is 9.89. The number of amides is 3. The highest BCUT2D eigenvalue weighted by Crippen LogP contribution is 2.30. The summed E-state index contributed by atoms with van der Waals surface area (Å²) in [7, 11) is 1.54. The number of aldehydes is 1. The highest BCUT2D eigenvalue weighted by Gasteiger charge is 2.43. The van der Waals surface area contributed by atoms with E-state index in [1.54, 1.807) is 31.9 Å². The molecule has 1 aromatic heterocycles. The molecule has 2 aliphatic heterocycles. The number of likely N-dealkylation sites (tertiary alicyclic amines) is 1. The molecule has 392 valence electrons. The number of carboxylic acid groups (broad SMARTS) is 3. The van der Waals surface area contributed by atoms with Gasteiger partial charge in [-0.2, -0.15) is 5.26 Å². The van der Waals surface area contributed by atoms with Crippen LogP contribution in [0.4, 0.5) is 8.78 Å². The van der Waals surface area contributed by atoms with Gasteiger partial charge in [-0.3, -0.25) is 58.3 Å². The summed E-state index contributed by atoms with van der Waals surface area (Å²) in [6, 6.07) is 16.3. The van der Waals surface area contributed by atoms with Crippen LogP contribution in [0.3, 0.4) is 0 Å². The van der Waals surface area contributed by atoms with E-state index in [2.05, 4.69) is 15.6 Å². The highest BCUT2D eigenvalue weighted by atomic mass is 19.3. The van der Waals surface area contributed by atoms with Crippen molar-refractivity contribution in [3.63, 3.8) is 0 Å². The van der Waals surface area contributed by atoms with Crippen molar-refractivity contribution in [1.82, 2.24) is 40.1 Å². The van der Waals surface area contributed by atoms with E-state index in [-0.39, 0.29) is 63.4 Å². The number of alkyl halides is 2. The summed E-state index contributed by atoms with van der Waals surface area (Å²) in [5, 5.41) is 41.9. The standard InChI is InChI=1S/C27H29N3O4.C16H29N5O7.C6H8F2N2/c31-16-14-29-27(33)23-12-13-28-25-11-8-21(18-24(23)25)19-6-9-22(10-7-19)34-17-15-30-26(32)20-4-2-1-3-5-20;17-13(22)9-18-1-3-19(10-14(23)24)5-7-21(12-16(27)28)8-6-20(4-2-18)11-15(25)26;1-10-4-6(7,8)2-5(10)3-9/h6-13,16,18,20H,1-5,14-15,17H2,(H,29,33)(H,30,32);1-12H2,(H2,17,22)(H,23,24)(H,25,26)(H,27,28);5H,2,4H2,1H3. The zero-order valence-corrected chi connectivity index (χ0v) is 40.6. The maximum Gasteiger partial charge on any atom is 0.317 e. The van der Waals surface area contributed by atoms with Gasteiger partial charge in [0, 0.05) is 76.3 Å². The molecule has 0 spiro atoms. The minimum Gasteiger partial charge on any atom is -0.492 e. The average Bonchev–Trinajstić information content (AvgIpc) is 3.63. The van der Waals surface area contributed by atoms with Crippen LogP contribution in [0.25, 0.3) is 22.0 Å². The lowest BCUT2D eigenvalue weighted by Gasteiger charge is -2.32. The minimum absolute atomic E-state index is 0.00698. The summed E-state index contributed by atoms with van der Waals surface area (Å²) in [6.07, 6.45) is 7.42. The molecular formula is C49H66F2N10O11. The Morgan fingerprint density at radius 2 is 1.32 bits per heavy atom. The van der Waals surface area contributed by atoms with Crippen LogP contribution in [-0.2, 0) is 28.8 Å². The molecule has 2 saturated heterocycles. The number of fused-ring (bicyclic) bond motifs is 1. The summed E-state index contributed by atoms with van der Waals surface area (Å²) < 4.78 is 30.7. The summed E-state index contributed by atoms with van der Waals surface area (Å²) in [5.41, 5.74) is 8.37. The van der Waals surface area contributed by atoms with Crippen LogP contribution in [0, 0.1) is 17.2 Å². The number of primary amides is 1. The number of hydrogen-bond donors (Lipinski definition) is 6. The number of nitriles is 1. The molecule has 2 aromatic carbocycles. The van der Waals surface area contributed by atoms with Gasteiger partial charge in [0.15, 0.2) is 0 Å². The number of carbonyl (C=O) groups is 7. The minimum atomic E-state index is -2.66. The number of benzene rings is 2. The number of aliphatic carboxylic acids is 3. The number of halogens is 2. The van der Waals surface area contributed by atoms with E-state index < -0.39 is 35.8 Å². The Morgan fingerprint density at radius 3 is 1.78 bits per heavy atom. The van der Waals surface area contributed by atoms with Gasteiger partial charge >= 0.3 is 17.9 Å². The third kappa shape index (κ3) is 20.6. The quantitative estimate of drug-likeness (QED) is 0.0829. The highest BCUT2D eigenvalue weighted by molar-refractivity contribution is 6.07. The number of nitrogens with one attached hydrogen (secondary N) is 2. The Labute approximate surface area is 416 Å². The van der Waals surface area contributed by atoms with Gasteiger partial charge < -0.3 is 41.2 Å². The van der Waals surface area contributed by atoms with Gasteiger partial charge in [0.1, 0.15) is 24.7 Å². The maximum absolute atomic E-state index is 12.4. The topological polar surface area (TPSA) is 292 Å². The van der Waals surface area contributed by atoms with Gasteiger partial charge in [-0.15, -0.1) is 0 Å². The maximum atomic E-state index is 12.4. The smallest absolute Gasteiger partial charge is 0.317 e. The molecule has 0 bridgehead atoms. The average molecular weight is 1010 g/mol. The van der Waals surface area contributed by atoms with E-state index in [0.717, 1.165) is 47.9 Å². The zero-order chi connectivity index (χ0) is 52.6. The second-order valence-corrected chi connectivity index (χ2v) is 17.8. The van der Waals surface area contributed by atoms with Crippen LogP contribution >= 0.6 is 0 Å². The van der Waals surface area contributed by atoms with Crippen molar-refractivity contribution in [3.05, 3.63) is 60.3 Å². The number of carbonyl (C=O) groups excluding carboxylic acids is 4. The van der Waals surface area contributed by atoms with Crippen molar-refractivity contribution in [1.29, 1.82) is 5.26 Å². The van der Waals surface area contributed by atoms with Crippen LogP contribution in [0.1, 0.15) is 48.9 Å². The molecule has 1 aliphatic carbocycles. The Bertz CT molecular complexity index is 2220. The Balaban J connectivity index is 0.000000266.